The predicted octanol–water partition coefficient (Wildman–Crippen LogP) is -0.0206. The van der Waals surface area contributed by atoms with Gasteiger partial charge in [0.05, 0.1) is 19.3 Å². The van der Waals surface area contributed by atoms with Gasteiger partial charge in [-0.15, -0.1) is 0 Å². The van der Waals surface area contributed by atoms with E-state index in [1.54, 1.807) is 30.3 Å². The van der Waals surface area contributed by atoms with Crippen LogP contribution in [0.4, 0.5) is 0 Å². The van der Waals surface area contributed by atoms with Crippen molar-refractivity contribution in [3.8, 4) is 0 Å². The number of carbonyl (C=O) groups excluding carboxylic acids is 2. The fourth-order valence-corrected chi connectivity index (χ4v) is 1.66. The van der Waals surface area contributed by atoms with Crippen LogP contribution in [0.25, 0.3) is 0 Å². The monoisotopic (exact) mass is 310 g/mol. The first kappa shape index (κ1) is 17.3. The second kappa shape index (κ2) is 7.32. The van der Waals surface area contributed by atoms with E-state index in [1.807, 2.05) is 0 Å². The van der Waals surface area contributed by atoms with E-state index in [0.717, 1.165) is 0 Å². The quantitative estimate of drug-likeness (QED) is 0.472. The fourth-order valence-electron chi connectivity index (χ4n) is 1.66. The second-order valence-corrected chi connectivity index (χ2v) is 4.59. The Hall–Kier alpha value is -2.74. The van der Waals surface area contributed by atoms with Crippen LogP contribution in [-0.2, 0) is 30.3 Å². The smallest absolute Gasteiger partial charge is 0.336 e. The van der Waals surface area contributed by atoms with Gasteiger partial charge in [-0.1, -0.05) is 30.3 Å². The zero-order valence-corrected chi connectivity index (χ0v) is 11.4. The van der Waals surface area contributed by atoms with E-state index in [0.29, 0.717) is 5.56 Å². The van der Waals surface area contributed by atoms with Gasteiger partial charge >= 0.3 is 23.9 Å². The maximum Gasteiger partial charge on any atom is 0.336 e. The number of esters is 2. The molecule has 0 saturated heterocycles. The highest BCUT2D eigenvalue weighted by atomic mass is 16.6. The molecule has 1 atom stereocenters. The molecule has 0 fully saturated rings. The Labute approximate surface area is 124 Å². The Kier molecular flexibility index (Phi) is 5.76. The van der Waals surface area contributed by atoms with Crippen LogP contribution in [0.2, 0.25) is 0 Å². The number of aliphatic carboxylic acids is 2. The van der Waals surface area contributed by atoms with Crippen LogP contribution in [0, 0.1) is 0 Å². The predicted molar refractivity (Wildman–Crippen MR) is 70.7 cm³/mol. The third-order valence-electron chi connectivity index (χ3n) is 2.70. The number of benzene rings is 1. The highest BCUT2D eigenvalue weighted by Gasteiger charge is 2.41. The van der Waals surface area contributed by atoms with Crippen molar-refractivity contribution in [1.29, 1.82) is 0 Å². The van der Waals surface area contributed by atoms with Crippen molar-refractivity contribution in [3.63, 3.8) is 0 Å². The van der Waals surface area contributed by atoms with Crippen LogP contribution in [0.5, 0.6) is 0 Å². The minimum Gasteiger partial charge on any atom is -0.481 e. The lowest BCUT2D eigenvalue weighted by atomic mass is 9.96. The van der Waals surface area contributed by atoms with Crippen LogP contribution in [0.3, 0.4) is 0 Å². The number of hydrogen-bond donors (Lipinski definition) is 3. The van der Waals surface area contributed by atoms with Crippen molar-refractivity contribution in [2.75, 3.05) is 0 Å². The van der Waals surface area contributed by atoms with Crippen LogP contribution in [-0.4, -0.2) is 44.8 Å². The van der Waals surface area contributed by atoms with E-state index in [4.69, 9.17) is 10.2 Å². The van der Waals surface area contributed by atoms with Gasteiger partial charge in [-0.3, -0.25) is 14.4 Å². The summed E-state index contributed by atoms with van der Waals surface area (Å²) < 4.78 is 4.39. The van der Waals surface area contributed by atoms with Gasteiger partial charge in [0.1, 0.15) is 0 Å². The van der Waals surface area contributed by atoms with Crippen molar-refractivity contribution in [3.05, 3.63) is 35.9 Å². The van der Waals surface area contributed by atoms with Gasteiger partial charge < -0.3 is 20.1 Å². The summed E-state index contributed by atoms with van der Waals surface area (Å²) in [5.74, 6) is -5.73. The molecule has 1 unspecified atom stereocenters. The van der Waals surface area contributed by atoms with Gasteiger partial charge in [-0.05, 0) is 5.56 Å². The highest BCUT2D eigenvalue weighted by Crippen LogP contribution is 2.17. The van der Waals surface area contributed by atoms with E-state index < -0.39 is 42.3 Å². The molecule has 0 spiro atoms. The summed E-state index contributed by atoms with van der Waals surface area (Å²) in [5, 5.41) is 27.0. The number of carbonyl (C=O) groups is 4. The Morgan fingerprint density at radius 2 is 1.55 bits per heavy atom. The van der Waals surface area contributed by atoms with Crippen molar-refractivity contribution in [1.82, 2.24) is 0 Å². The van der Waals surface area contributed by atoms with Gasteiger partial charge in [-0.25, -0.2) is 4.79 Å². The van der Waals surface area contributed by atoms with E-state index in [-0.39, 0.29) is 6.42 Å². The Morgan fingerprint density at radius 1 is 0.955 bits per heavy atom. The molecule has 0 aromatic heterocycles. The third kappa shape index (κ3) is 5.33. The summed E-state index contributed by atoms with van der Waals surface area (Å²) in [4.78, 5) is 44.4. The van der Waals surface area contributed by atoms with Gasteiger partial charge in [0.2, 0.25) is 0 Å². The number of carboxylic acid groups (broad SMARTS) is 2. The van der Waals surface area contributed by atoms with Crippen LogP contribution in [0.15, 0.2) is 30.3 Å². The minimum atomic E-state index is -2.82. The number of ether oxygens (including phenoxy) is 1. The highest BCUT2D eigenvalue weighted by molar-refractivity contribution is 5.92. The van der Waals surface area contributed by atoms with Gasteiger partial charge in [-0.2, -0.15) is 0 Å². The van der Waals surface area contributed by atoms with Gasteiger partial charge in [0, 0.05) is 0 Å². The van der Waals surface area contributed by atoms with Crippen LogP contribution < -0.4 is 0 Å². The lowest BCUT2D eigenvalue weighted by Crippen LogP contribution is -2.43. The number of aliphatic hydroxyl groups is 1. The van der Waals surface area contributed by atoms with Gasteiger partial charge in [0.15, 0.2) is 5.60 Å². The summed E-state index contributed by atoms with van der Waals surface area (Å²) >= 11 is 0. The Balaban J connectivity index is 2.62. The molecule has 8 nitrogen and oxygen atoms in total. The summed E-state index contributed by atoms with van der Waals surface area (Å²) in [6.45, 7) is 0. The number of rotatable bonds is 7. The SMILES string of the molecule is O=C(O)CC(O)(CC(=O)OC(=O)Cc1ccccc1)C(=O)O. The molecule has 0 saturated carbocycles. The zero-order chi connectivity index (χ0) is 16.8. The average Bonchev–Trinajstić information content (AvgIpc) is 2.37. The molecular formula is C14H14O8. The Bertz CT molecular complexity index is 580. The van der Waals surface area contributed by atoms with Crippen molar-refractivity contribution in [2.24, 2.45) is 0 Å². The lowest BCUT2D eigenvalue weighted by molar-refractivity contribution is -0.174. The largest absolute Gasteiger partial charge is 0.481 e. The minimum absolute atomic E-state index is 0.211. The third-order valence-corrected chi connectivity index (χ3v) is 2.70. The molecule has 1 rings (SSSR count). The van der Waals surface area contributed by atoms with Crippen molar-refractivity contribution >= 4 is 23.9 Å². The number of hydrogen-bond acceptors (Lipinski definition) is 6. The van der Waals surface area contributed by atoms with E-state index >= 15 is 0 Å². The Morgan fingerprint density at radius 3 is 2.05 bits per heavy atom. The maximum atomic E-state index is 11.5. The lowest BCUT2D eigenvalue weighted by Gasteiger charge is -2.19. The molecule has 1 aromatic rings. The topological polar surface area (TPSA) is 138 Å². The zero-order valence-electron chi connectivity index (χ0n) is 11.4. The van der Waals surface area contributed by atoms with Crippen LogP contribution >= 0.6 is 0 Å². The molecular weight excluding hydrogens is 296 g/mol. The average molecular weight is 310 g/mol. The molecule has 1 aromatic carbocycles. The summed E-state index contributed by atoms with van der Waals surface area (Å²) in [6.07, 6.45) is -2.55. The molecule has 3 N–H and O–H groups in total. The van der Waals surface area contributed by atoms with E-state index in [2.05, 4.69) is 4.74 Å². The molecule has 0 amide bonds. The standard InChI is InChI=1S/C14H14O8/c15-10(16)7-14(21,13(19)20)8-12(18)22-11(17)6-9-4-2-1-3-5-9/h1-5,21H,6-8H2,(H,15,16)(H,19,20). The first-order chi connectivity index (χ1) is 10.2. The van der Waals surface area contributed by atoms with Crippen LogP contribution in [0.1, 0.15) is 18.4 Å². The molecule has 0 aliphatic carbocycles. The molecule has 118 valence electrons. The molecule has 0 aliphatic rings. The second-order valence-electron chi connectivity index (χ2n) is 4.59. The first-order valence-electron chi connectivity index (χ1n) is 6.18. The molecule has 0 radical (unpaired) electrons. The molecule has 0 bridgehead atoms. The maximum absolute atomic E-state index is 11.5. The summed E-state index contributed by atoms with van der Waals surface area (Å²) in [5.41, 5.74) is -2.24. The summed E-state index contributed by atoms with van der Waals surface area (Å²) in [6, 6.07) is 8.35. The molecule has 0 aliphatic heterocycles. The summed E-state index contributed by atoms with van der Waals surface area (Å²) in [7, 11) is 0. The fraction of sp³-hybridized carbons (Fsp3) is 0.286. The normalized spacial score (nSPS) is 13.0. The first-order valence-corrected chi connectivity index (χ1v) is 6.18. The molecule has 22 heavy (non-hydrogen) atoms. The van der Waals surface area contributed by atoms with E-state index in [9.17, 15) is 24.3 Å². The van der Waals surface area contributed by atoms with E-state index in [1.165, 1.54) is 0 Å². The van der Waals surface area contributed by atoms with Crippen molar-refractivity contribution < 1.29 is 39.2 Å². The molecule has 8 heteroatoms. The molecule has 0 heterocycles. The van der Waals surface area contributed by atoms with Crippen molar-refractivity contribution in [2.45, 2.75) is 24.9 Å². The van der Waals surface area contributed by atoms with Gasteiger partial charge in [0.25, 0.3) is 0 Å². The number of carboxylic acids is 2.